The lowest BCUT2D eigenvalue weighted by Crippen LogP contribution is -2.39. The third-order valence-corrected chi connectivity index (χ3v) is 6.36. The van der Waals surface area contributed by atoms with E-state index in [0.717, 1.165) is 27.7 Å². The highest BCUT2D eigenvalue weighted by atomic mass is 16.5. The number of aromatic nitrogens is 5. The Labute approximate surface area is 183 Å². The van der Waals surface area contributed by atoms with Gasteiger partial charge in [-0.15, -0.1) is 0 Å². The number of ether oxygens (including phenoxy) is 1. The number of aryl methyl sites for hydroxylation is 2. The first-order valence-corrected chi connectivity index (χ1v) is 10.6. The van der Waals surface area contributed by atoms with Crippen LogP contribution in [-0.2, 0) is 24.9 Å². The van der Waals surface area contributed by atoms with Gasteiger partial charge in [0.1, 0.15) is 0 Å². The zero-order chi connectivity index (χ0) is 22.6. The number of benzene rings is 2. The van der Waals surface area contributed by atoms with Crippen LogP contribution in [0.15, 0.2) is 52.1 Å². The number of hydrogen-bond acceptors (Lipinski definition) is 4. The summed E-state index contributed by atoms with van der Waals surface area (Å²) in [4.78, 5) is 31.5. The van der Waals surface area contributed by atoms with Crippen molar-refractivity contribution in [2.45, 2.75) is 26.9 Å². The maximum atomic E-state index is 13.7. The molecule has 8 heteroatoms. The van der Waals surface area contributed by atoms with Gasteiger partial charge in [0.25, 0.3) is 5.56 Å². The lowest BCUT2D eigenvalue weighted by molar-refractivity contribution is 0.187. The number of methoxy groups -OCH3 is 1. The van der Waals surface area contributed by atoms with Crippen molar-refractivity contribution in [2.75, 3.05) is 13.7 Å². The Hall–Kier alpha value is -3.65. The molecule has 0 N–H and O–H groups in total. The molecule has 0 atom stereocenters. The summed E-state index contributed by atoms with van der Waals surface area (Å²) in [6.45, 7) is 5.30. The van der Waals surface area contributed by atoms with E-state index in [4.69, 9.17) is 4.74 Å². The molecule has 8 nitrogen and oxygen atoms in total. The average Bonchev–Trinajstić information content (AvgIpc) is 3.30. The number of imidazole rings is 2. The van der Waals surface area contributed by atoms with Crippen molar-refractivity contribution < 1.29 is 4.74 Å². The van der Waals surface area contributed by atoms with Crippen LogP contribution < -0.4 is 11.2 Å². The topological polar surface area (TPSA) is 75.5 Å². The van der Waals surface area contributed by atoms with Crippen LogP contribution in [0.3, 0.4) is 0 Å². The van der Waals surface area contributed by atoms with Crippen LogP contribution in [0.25, 0.3) is 27.7 Å². The fraction of sp³-hybridized carbons (Fsp3) is 0.292. The Morgan fingerprint density at radius 2 is 1.72 bits per heavy atom. The first kappa shape index (κ1) is 20.3. The second-order valence-electron chi connectivity index (χ2n) is 8.11. The van der Waals surface area contributed by atoms with Crippen molar-refractivity contribution in [2.24, 2.45) is 7.05 Å². The smallest absolute Gasteiger partial charge is 0.332 e. The Balaban J connectivity index is 1.79. The van der Waals surface area contributed by atoms with Crippen LogP contribution in [-0.4, -0.2) is 36.8 Å². The summed E-state index contributed by atoms with van der Waals surface area (Å²) in [5.41, 5.74) is 2.95. The van der Waals surface area contributed by atoms with E-state index in [2.05, 4.69) is 4.98 Å². The molecular weight excluding hydrogens is 406 g/mol. The molecule has 0 saturated carbocycles. The van der Waals surface area contributed by atoms with Gasteiger partial charge in [0.05, 0.1) is 13.2 Å². The van der Waals surface area contributed by atoms with Crippen LogP contribution >= 0.6 is 0 Å². The molecule has 0 bridgehead atoms. The largest absolute Gasteiger partial charge is 0.383 e. The summed E-state index contributed by atoms with van der Waals surface area (Å²) in [5.74, 6) is 0.641. The van der Waals surface area contributed by atoms with Crippen molar-refractivity contribution in [1.29, 1.82) is 0 Å². The molecule has 0 radical (unpaired) electrons. The van der Waals surface area contributed by atoms with E-state index in [-0.39, 0.29) is 17.8 Å². The predicted molar refractivity (Wildman–Crippen MR) is 125 cm³/mol. The lowest BCUT2D eigenvalue weighted by atomic mass is 10.0. The SMILES string of the molecule is COCCn1c(C)c(C)n2c3c(=O)n(Cc4cccc5ccccc45)c(=O)n(C)c3nc12. The van der Waals surface area contributed by atoms with Crippen LogP contribution in [0.4, 0.5) is 0 Å². The van der Waals surface area contributed by atoms with Crippen LogP contribution in [0.2, 0.25) is 0 Å². The van der Waals surface area contributed by atoms with Gasteiger partial charge in [0.2, 0.25) is 5.78 Å². The molecule has 0 fully saturated rings. The zero-order valence-corrected chi connectivity index (χ0v) is 18.6. The minimum absolute atomic E-state index is 0.193. The normalized spacial score (nSPS) is 11.9. The summed E-state index contributed by atoms with van der Waals surface area (Å²) >= 11 is 0. The van der Waals surface area contributed by atoms with Gasteiger partial charge in [-0.3, -0.25) is 18.3 Å². The van der Waals surface area contributed by atoms with Gasteiger partial charge < -0.3 is 9.30 Å². The third kappa shape index (κ3) is 2.83. The molecule has 0 unspecified atom stereocenters. The summed E-state index contributed by atoms with van der Waals surface area (Å²) in [6, 6.07) is 13.9. The van der Waals surface area contributed by atoms with Gasteiger partial charge in [-0.05, 0) is 30.2 Å². The van der Waals surface area contributed by atoms with Crippen LogP contribution in [0, 0.1) is 13.8 Å². The minimum atomic E-state index is -0.381. The second-order valence-corrected chi connectivity index (χ2v) is 8.11. The van der Waals surface area contributed by atoms with E-state index >= 15 is 0 Å². The Morgan fingerprint density at radius 1 is 0.969 bits per heavy atom. The van der Waals surface area contributed by atoms with Crippen molar-refractivity contribution >= 4 is 27.7 Å². The summed E-state index contributed by atoms with van der Waals surface area (Å²) in [6.07, 6.45) is 0. The van der Waals surface area contributed by atoms with E-state index in [0.29, 0.717) is 30.1 Å². The highest BCUT2D eigenvalue weighted by Crippen LogP contribution is 2.22. The van der Waals surface area contributed by atoms with Gasteiger partial charge in [0, 0.05) is 32.1 Å². The fourth-order valence-corrected chi connectivity index (χ4v) is 4.51. The molecule has 0 aliphatic carbocycles. The number of nitrogens with zero attached hydrogens (tertiary/aromatic N) is 5. The third-order valence-electron chi connectivity index (χ3n) is 6.36. The van der Waals surface area contributed by atoms with E-state index in [1.54, 1.807) is 14.2 Å². The molecule has 0 saturated heterocycles. The standard InChI is InChI=1S/C24H25N5O3/c1-15-16(2)29-20-21(25-23(29)27(15)12-13-32-4)26(3)24(31)28(22(20)30)14-18-10-7-9-17-8-5-6-11-19(17)18/h5-11H,12-14H2,1-4H3. The molecular formula is C24H25N5O3. The quantitative estimate of drug-likeness (QED) is 0.429. The van der Waals surface area contributed by atoms with Crippen molar-refractivity contribution in [1.82, 2.24) is 23.1 Å². The van der Waals surface area contributed by atoms with E-state index < -0.39 is 0 Å². The van der Waals surface area contributed by atoms with Gasteiger partial charge in [-0.1, -0.05) is 42.5 Å². The molecule has 0 spiro atoms. The van der Waals surface area contributed by atoms with Gasteiger partial charge in [0.15, 0.2) is 11.2 Å². The van der Waals surface area contributed by atoms with E-state index in [1.165, 1.54) is 9.13 Å². The highest BCUT2D eigenvalue weighted by molar-refractivity contribution is 5.85. The maximum Gasteiger partial charge on any atom is 0.332 e. The molecule has 164 valence electrons. The minimum Gasteiger partial charge on any atom is -0.383 e. The second kappa shape index (κ2) is 7.49. The zero-order valence-electron chi connectivity index (χ0n) is 18.6. The van der Waals surface area contributed by atoms with E-state index in [9.17, 15) is 9.59 Å². The molecule has 2 aromatic carbocycles. The van der Waals surface area contributed by atoms with Gasteiger partial charge in [-0.2, -0.15) is 4.98 Å². The van der Waals surface area contributed by atoms with Crippen LogP contribution in [0.1, 0.15) is 17.0 Å². The first-order chi connectivity index (χ1) is 15.4. The summed E-state index contributed by atoms with van der Waals surface area (Å²) in [5, 5.41) is 2.10. The Morgan fingerprint density at radius 3 is 2.50 bits per heavy atom. The van der Waals surface area contributed by atoms with Gasteiger partial charge in [-0.25, -0.2) is 4.79 Å². The van der Waals surface area contributed by atoms with Crippen molar-refractivity contribution in [3.05, 3.63) is 80.3 Å². The molecule has 5 rings (SSSR count). The number of rotatable bonds is 5. The monoisotopic (exact) mass is 431 g/mol. The number of hydrogen-bond donors (Lipinski definition) is 0. The molecule has 5 aromatic rings. The number of fused-ring (bicyclic) bond motifs is 4. The Bertz CT molecular complexity index is 1610. The molecule has 0 aliphatic rings. The maximum absolute atomic E-state index is 13.7. The molecule has 0 amide bonds. The molecule has 3 heterocycles. The predicted octanol–water partition coefficient (Wildman–Crippen LogP) is 2.61. The molecule has 32 heavy (non-hydrogen) atoms. The van der Waals surface area contributed by atoms with Crippen molar-refractivity contribution in [3.63, 3.8) is 0 Å². The van der Waals surface area contributed by atoms with Crippen LogP contribution in [0.5, 0.6) is 0 Å². The Kier molecular flexibility index (Phi) is 4.74. The van der Waals surface area contributed by atoms with E-state index in [1.807, 2.05) is 65.3 Å². The summed E-state index contributed by atoms with van der Waals surface area (Å²) < 4.78 is 11.9. The van der Waals surface area contributed by atoms with Gasteiger partial charge >= 0.3 is 5.69 Å². The fourth-order valence-electron chi connectivity index (χ4n) is 4.51. The average molecular weight is 431 g/mol. The summed E-state index contributed by atoms with van der Waals surface area (Å²) in [7, 11) is 3.32. The first-order valence-electron chi connectivity index (χ1n) is 10.6. The van der Waals surface area contributed by atoms with Crippen molar-refractivity contribution in [3.8, 4) is 0 Å². The molecule has 3 aromatic heterocycles. The lowest BCUT2D eigenvalue weighted by Gasteiger charge is -2.11. The molecule has 0 aliphatic heterocycles. The highest BCUT2D eigenvalue weighted by Gasteiger charge is 2.22.